The van der Waals surface area contributed by atoms with E-state index in [2.05, 4.69) is 19.4 Å². The fourth-order valence-electron chi connectivity index (χ4n) is 9.09. The van der Waals surface area contributed by atoms with Crippen LogP contribution in [0.15, 0.2) is 48.6 Å². The maximum atomic E-state index is 13.6. The number of carbonyl (C=O) groups is 1. The summed E-state index contributed by atoms with van der Waals surface area (Å²) in [6.07, 6.45) is 13.0. The maximum Gasteiger partial charge on any atom is 0.264 e. The Balaban J connectivity index is 1.23. The molecule has 5 aliphatic rings. The van der Waals surface area contributed by atoms with Crippen LogP contribution in [0.3, 0.4) is 0 Å². The zero-order valence-electron chi connectivity index (χ0n) is 30.2. The van der Waals surface area contributed by atoms with E-state index in [-0.39, 0.29) is 23.3 Å². The lowest BCUT2D eigenvalue weighted by molar-refractivity contribution is -0.0765. The number of sulfonamides is 1. The SMILES string of the molecule is C[C@@H]1[C@@H](C)C/C=C/C(O)(CN2CCN3CCCC[C@@H]3C2)[C@@H]2CC[C@H]2CN2CCCCc3cc(Cl)ccc3COc3ccc(cc32)C(=O)NS1(=O)=O. The van der Waals surface area contributed by atoms with Gasteiger partial charge in [0.2, 0.25) is 10.0 Å². The molecule has 0 radical (unpaired) electrons. The average Bonchev–Trinajstić information content (AvgIpc) is 3.12. The summed E-state index contributed by atoms with van der Waals surface area (Å²) >= 11 is 6.39. The topological polar surface area (TPSA) is 102 Å². The molecule has 278 valence electrons. The molecule has 11 heteroatoms. The van der Waals surface area contributed by atoms with E-state index in [0.717, 1.165) is 69.5 Å². The zero-order valence-corrected chi connectivity index (χ0v) is 31.8. The Labute approximate surface area is 309 Å². The number of fused-ring (bicyclic) bond motifs is 4. The smallest absolute Gasteiger partial charge is 0.264 e. The summed E-state index contributed by atoms with van der Waals surface area (Å²) in [6, 6.07) is 11.7. The molecule has 0 aromatic heterocycles. The predicted octanol–water partition coefficient (Wildman–Crippen LogP) is 6.03. The van der Waals surface area contributed by atoms with Crippen molar-refractivity contribution in [2.24, 2.45) is 17.8 Å². The van der Waals surface area contributed by atoms with Crippen molar-refractivity contribution >= 4 is 33.2 Å². The van der Waals surface area contributed by atoms with Crippen LogP contribution < -0.4 is 14.4 Å². The van der Waals surface area contributed by atoms with Crippen molar-refractivity contribution in [2.75, 3.05) is 50.7 Å². The molecule has 7 rings (SSSR count). The number of nitrogens with one attached hydrogen (secondary N) is 1. The molecule has 3 fully saturated rings. The number of anilines is 1. The number of aryl methyl sites for hydroxylation is 1. The second kappa shape index (κ2) is 15.4. The summed E-state index contributed by atoms with van der Waals surface area (Å²) in [7, 11) is -3.97. The van der Waals surface area contributed by atoms with Crippen molar-refractivity contribution in [1.82, 2.24) is 14.5 Å². The number of ether oxygens (including phenoxy) is 1. The zero-order chi connectivity index (χ0) is 35.8. The van der Waals surface area contributed by atoms with Crippen molar-refractivity contribution in [1.29, 1.82) is 0 Å². The molecule has 1 amide bonds. The molecular weight excluding hydrogens is 684 g/mol. The minimum Gasteiger partial charge on any atom is -0.487 e. The number of carbonyl (C=O) groups excluding carboxylic acids is 1. The predicted molar refractivity (Wildman–Crippen MR) is 203 cm³/mol. The normalized spacial score (nSPS) is 32.8. The van der Waals surface area contributed by atoms with Gasteiger partial charge in [-0.1, -0.05) is 43.2 Å². The van der Waals surface area contributed by atoms with Crippen molar-refractivity contribution in [3.05, 3.63) is 70.3 Å². The summed E-state index contributed by atoms with van der Waals surface area (Å²) in [4.78, 5) is 21.0. The first kappa shape index (κ1) is 36.7. The second-order valence-corrected chi connectivity index (χ2v) is 18.4. The largest absolute Gasteiger partial charge is 0.487 e. The van der Waals surface area contributed by atoms with E-state index in [1.807, 2.05) is 37.3 Å². The lowest BCUT2D eigenvalue weighted by Gasteiger charge is -2.51. The number of β-amino-alcohol motifs (C(OH)–C–C–N with tert-alkyl or cyclic N) is 1. The van der Waals surface area contributed by atoms with Gasteiger partial charge in [-0.05, 0) is 124 Å². The van der Waals surface area contributed by atoms with Crippen LogP contribution in [-0.4, -0.2) is 91.9 Å². The molecule has 1 saturated carbocycles. The van der Waals surface area contributed by atoms with E-state index >= 15 is 0 Å². The monoisotopic (exact) mass is 738 g/mol. The fraction of sp³-hybridized carbons (Fsp3) is 0.625. The van der Waals surface area contributed by atoms with Gasteiger partial charge in [0, 0.05) is 55.9 Å². The number of rotatable bonds is 2. The van der Waals surface area contributed by atoms with Gasteiger partial charge in [-0.2, -0.15) is 0 Å². The molecule has 1 unspecified atom stereocenters. The summed E-state index contributed by atoms with van der Waals surface area (Å²) < 4.78 is 35.9. The first-order chi connectivity index (χ1) is 24.5. The van der Waals surface area contributed by atoms with Crippen LogP contribution >= 0.6 is 11.6 Å². The van der Waals surface area contributed by atoms with E-state index in [0.29, 0.717) is 42.9 Å². The number of piperazine rings is 1. The van der Waals surface area contributed by atoms with Crippen LogP contribution in [0, 0.1) is 17.8 Å². The van der Waals surface area contributed by atoms with Crippen LogP contribution in [0.2, 0.25) is 5.02 Å². The van der Waals surface area contributed by atoms with Gasteiger partial charge in [0.05, 0.1) is 16.5 Å². The number of hydrogen-bond acceptors (Lipinski definition) is 8. The lowest BCUT2D eigenvalue weighted by atomic mass is 9.64. The van der Waals surface area contributed by atoms with E-state index < -0.39 is 26.8 Å². The summed E-state index contributed by atoms with van der Waals surface area (Å²) in [5, 5.41) is 12.6. The Morgan fingerprint density at radius 2 is 1.80 bits per heavy atom. The van der Waals surface area contributed by atoms with Gasteiger partial charge in [-0.15, -0.1) is 0 Å². The number of hydrogen-bond donors (Lipinski definition) is 2. The maximum absolute atomic E-state index is 13.6. The molecule has 9 nitrogen and oxygen atoms in total. The third-order valence-corrected chi connectivity index (χ3v) is 14.7. The third-order valence-electron chi connectivity index (χ3n) is 12.6. The minimum absolute atomic E-state index is 0.0583. The molecule has 4 heterocycles. The highest BCUT2D eigenvalue weighted by atomic mass is 35.5. The number of piperidine rings is 1. The first-order valence-electron chi connectivity index (χ1n) is 19.2. The van der Waals surface area contributed by atoms with Gasteiger partial charge < -0.3 is 14.7 Å². The van der Waals surface area contributed by atoms with Crippen LogP contribution in [0.5, 0.6) is 5.75 Å². The Morgan fingerprint density at radius 1 is 0.961 bits per heavy atom. The third kappa shape index (κ3) is 8.15. The Bertz CT molecular complexity index is 1720. The van der Waals surface area contributed by atoms with Crippen LogP contribution in [0.4, 0.5) is 5.69 Å². The Hall–Kier alpha value is -2.63. The molecule has 2 saturated heterocycles. The highest BCUT2D eigenvalue weighted by Crippen LogP contribution is 2.45. The standard InChI is InChI=1S/C40H55ClN4O5S/c1-28-8-7-17-40(47,27-43-20-21-44-18-6-4-10-35(44)25-43)36-15-12-32(36)24-45-19-5-3-9-30-22-34(41)14-11-33(30)26-50-38-16-13-31(23-37(38)45)39(46)42-51(48,49)29(28)2/h7,11,13-14,16-17,22-23,28-29,32,35-36,47H,3-6,8-10,12,15,18-21,24-27H2,1-2H3,(H,42,46)/b17-7+/t28-,29+,32-,35+,36+,40?/m0/s1. The summed E-state index contributed by atoms with van der Waals surface area (Å²) in [6.45, 7) is 10.1. The number of nitrogens with zero attached hydrogens (tertiary/aromatic N) is 3. The van der Waals surface area contributed by atoms with E-state index in [1.54, 1.807) is 25.1 Å². The molecule has 2 bridgehead atoms. The molecule has 4 aliphatic heterocycles. The van der Waals surface area contributed by atoms with Gasteiger partial charge in [-0.3, -0.25) is 14.6 Å². The van der Waals surface area contributed by atoms with Crippen molar-refractivity contribution in [3.8, 4) is 5.75 Å². The second-order valence-electron chi connectivity index (χ2n) is 15.9. The molecule has 2 N–H and O–H groups in total. The fourth-order valence-corrected chi connectivity index (χ4v) is 10.6. The molecule has 2 aromatic rings. The number of aliphatic hydroxyl groups is 1. The Kier molecular flexibility index (Phi) is 11.1. The molecule has 6 atom stereocenters. The minimum atomic E-state index is -3.97. The number of allylic oxidation sites excluding steroid dienone is 1. The van der Waals surface area contributed by atoms with E-state index in [1.165, 1.54) is 31.4 Å². The van der Waals surface area contributed by atoms with Gasteiger partial charge in [0.25, 0.3) is 5.91 Å². The molecule has 51 heavy (non-hydrogen) atoms. The van der Waals surface area contributed by atoms with Gasteiger partial charge >= 0.3 is 0 Å². The van der Waals surface area contributed by atoms with Gasteiger partial charge in [0.15, 0.2) is 0 Å². The van der Waals surface area contributed by atoms with E-state index in [9.17, 15) is 18.3 Å². The van der Waals surface area contributed by atoms with Crippen molar-refractivity contribution in [2.45, 2.75) is 95.1 Å². The molecule has 0 spiro atoms. The van der Waals surface area contributed by atoms with Crippen molar-refractivity contribution < 1.29 is 23.1 Å². The number of halogens is 1. The van der Waals surface area contributed by atoms with Crippen LogP contribution in [0.25, 0.3) is 0 Å². The quantitative estimate of drug-likeness (QED) is 0.361. The van der Waals surface area contributed by atoms with Crippen molar-refractivity contribution in [3.63, 3.8) is 0 Å². The first-order valence-corrected chi connectivity index (χ1v) is 21.1. The Morgan fingerprint density at radius 3 is 2.63 bits per heavy atom. The van der Waals surface area contributed by atoms with Crippen LogP contribution in [-0.2, 0) is 23.1 Å². The van der Waals surface area contributed by atoms with Gasteiger partial charge in [-0.25, -0.2) is 13.1 Å². The van der Waals surface area contributed by atoms with Crippen LogP contribution in [0.1, 0.15) is 86.7 Å². The number of benzene rings is 2. The lowest BCUT2D eigenvalue weighted by Crippen LogP contribution is -2.60. The van der Waals surface area contributed by atoms with Gasteiger partial charge in [0.1, 0.15) is 12.4 Å². The highest BCUT2D eigenvalue weighted by Gasteiger charge is 2.47. The summed E-state index contributed by atoms with van der Waals surface area (Å²) in [5.74, 6) is 0.0507. The highest BCUT2D eigenvalue weighted by molar-refractivity contribution is 7.90. The molecule has 1 aliphatic carbocycles. The summed E-state index contributed by atoms with van der Waals surface area (Å²) in [5.41, 5.74) is 2.28. The average molecular weight is 739 g/mol. The molecule has 2 aromatic carbocycles. The molecular formula is C40H55ClN4O5S. The number of amides is 1. The van der Waals surface area contributed by atoms with E-state index in [4.69, 9.17) is 16.3 Å².